The van der Waals surface area contributed by atoms with Gasteiger partial charge in [0.2, 0.25) is 0 Å². The van der Waals surface area contributed by atoms with Crippen molar-refractivity contribution < 1.29 is 19.8 Å². The highest BCUT2D eigenvalue weighted by Crippen LogP contribution is 2.47. The predicted octanol–water partition coefficient (Wildman–Crippen LogP) is 0.648. The van der Waals surface area contributed by atoms with Gasteiger partial charge in [0.1, 0.15) is 0 Å². The van der Waals surface area contributed by atoms with Crippen LogP contribution in [0.15, 0.2) is 0 Å². The first-order valence-electron chi connectivity index (χ1n) is 5.68. The molecule has 5 nitrogen and oxygen atoms in total. The van der Waals surface area contributed by atoms with Crippen LogP contribution in [-0.4, -0.2) is 46.7 Å². The molecule has 0 aromatic rings. The number of carboxylic acids is 2. The molecular formula is C11H17NO4. The third-order valence-corrected chi connectivity index (χ3v) is 3.93. The molecule has 0 bridgehead atoms. The van der Waals surface area contributed by atoms with Crippen LogP contribution < -0.4 is 0 Å². The zero-order valence-electron chi connectivity index (χ0n) is 9.19. The molecule has 90 valence electrons. The average Bonchev–Trinajstić information content (AvgIpc) is 2.74. The monoisotopic (exact) mass is 227 g/mol. The highest BCUT2D eigenvalue weighted by atomic mass is 16.4. The lowest BCUT2D eigenvalue weighted by molar-refractivity contribution is -0.142. The summed E-state index contributed by atoms with van der Waals surface area (Å²) >= 11 is 0. The Balaban J connectivity index is 1.93. The standard InChI is InChI=1S/C11H17NO4/c13-9(14)6-12-4-3-11(7-12)2-1-8(5-11)10(15)16/h8H,1-7H2,(H,13,14)(H,15,16). The van der Waals surface area contributed by atoms with Crippen molar-refractivity contribution in [1.82, 2.24) is 4.90 Å². The summed E-state index contributed by atoms with van der Waals surface area (Å²) in [6, 6.07) is 0. The van der Waals surface area contributed by atoms with Crippen LogP contribution in [0, 0.1) is 11.3 Å². The molecule has 1 aliphatic heterocycles. The zero-order chi connectivity index (χ0) is 11.8. The van der Waals surface area contributed by atoms with Gasteiger partial charge in [0.25, 0.3) is 0 Å². The zero-order valence-corrected chi connectivity index (χ0v) is 9.19. The van der Waals surface area contributed by atoms with Crippen LogP contribution in [0.1, 0.15) is 25.7 Å². The number of nitrogens with zero attached hydrogens (tertiary/aromatic N) is 1. The fraction of sp³-hybridized carbons (Fsp3) is 0.818. The van der Waals surface area contributed by atoms with Gasteiger partial charge < -0.3 is 10.2 Å². The van der Waals surface area contributed by atoms with E-state index in [-0.39, 0.29) is 17.9 Å². The summed E-state index contributed by atoms with van der Waals surface area (Å²) in [7, 11) is 0. The van der Waals surface area contributed by atoms with Gasteiger partial charge in [0.05, 0.1) is 12.5 Å². The average molecular weight is 227 g/mol. The van der Waals surface area contributed by atoms with E-state index >= 15 is 0 Å². The van der Waals surface area contributed by atoms with Gasteiger partial charge in [-0.1, -0.05) is 0 Å². The number of hydrogen-bond acceptors (Lipinski definition) is 3. The van der Waals surface area contributed by atoms with Crippen LogP contribution in [-0.2, 0) is 9.59 Å². The summed E-state index contributed by atoms with van der Waals surface area (Å²) in [5, 5.41) is 17.7. The van der Waals surface area contributed by atoms with E-state index in [4.69, 9.17) is 10.2 Å². The van der Waals surface area contributed by atoms with Gasteiger partial charge in [-0.15, -0.1) is 0 Å². The molecule has 2 unspecified atom stereocenters. The van der Waals surface area contributed by atoms with E-state index < -0.39 is 11.9 Å². The summed E-state index contributed by atoms with van der Waals surface area (Å²) < 4.78 is 0. The normalized spacial score (nSPS) is 34.6. The Hall–Kier alpha value is -1.10. The number of carboxylic acid groups (broad SMARTS) is 2. The lowest BCUT2D eigenvalue weighted by atomic mass is 9.84. The third-order valence-electron chi connectivity index (χ3n) is 3.93. The maximum Gasteiger partial charge on any atom is 0.317 e. The molecule has 16 heavy (non-hydrogen) atoms. The second kappa shape index (κ2) is 4.05. The van der Waals surface area contributed by atoms with Crippen molar-refractivity contribution >= 4 is 11.9 Å². The lowest BCUT2D eigenvalue weighted by Crippen LogP contribution is -2.30. The Morgan fingerprint density at radius 1 is 1.31 bits per heavy atom. The Morgan fingerprint density at radius 2 is 2.06 bits per heavy atom. The Kier molecular flexibility index (Phi) is 2.88. The van der Waals surface area contributed by atoms with Crippen LogP contribution in [0.4, 0.5) is 0 Å². The molecule has 2 N–H and O–H groups in total. The molecular weight excluding hydrogens is 210 g/mol. The van der Waals surface area contributed by atoms with Crippen molar-refractivity contribution in [1.29, 1.82) is 0 Å². The van der Waals surface area contributed by atoms with E-state index in [1.165, 1.54) is 0 Å². The van der Waals surface area contributed by atoms with E-state index in [1.54, 1.807) is 0 Å². The fourth-order valence-corrected chi connectivity index (χ4v) is 3.14. The number of rotatable bonds is 3. The summed E-state index contributed by atoms with van der Waals surface area (Å²) in [6.07, 6.45) is 3.35. The smallest absolute Gasteiger partial charge is 0.317 e. The Labute approximate surface area is 94.0 Å². The minimum absolute atomic E-state index is 0.0819. The summed E-state index contributed by atoms with van der Waals surface area (Å²) in [6.45, 7) is 1.63. The largest absolute Gasteiger partial charge is 0.481 e. The SMILES string of the molecule is O=C(O)CN1CCC2(CCC(C(=O)O)C2)C1. The third kappa shape index (κ3) is 2.19. The van der Waals surface area contributed by atoms with Crippen molar-refractivity contribution in [3.05, 3.63) is 0 Å². The molecule has 2 aliphatic rings. The van der Waals surface area contributed by atoms with Crippen LogP contribution in [0.25, 0.3) is 0 Å². The number of carbonyl (C=O) groups is 2. The molecule has 0 amide bonds. The fourth-order valence-electron chi connectivity index (χ4n) is 3.14. The molecule has 0 radical (unpaired) electrons. The highest BCUT2D eigenvalue weighted by Gasteiger charge is 2.46. The van der Waals surface area contributed by atoms with Crippen LogP contribution in [0.5, 0.6) is 0 Å². The molecule has 2 fully saturated rings. The summed E-state index contributed by atoms with van der Waals surface area (Å²) in [4.78, 5) is 23.4. The van der Waals surface area contributed by atoms with Gasteiger partial charge >= 0.3 is 11.9 Å². The van der Waals surface area contributed by atoms with Gasteiger partial charge in [0.15, 0.2) is 0 Å². The summed E-state index contributed by atoms with van der Waals surface area (Å²) in [5.41, 5.74) is 0.0819. The molecule has 2 rings (SSSR count). The number of hydrogen-bond donors (Lipinski definition) is 2. The van der Waals surface area contributed by atoms with Gasteiger partial charge in [0, 0.05) is 6.54 Å². The van der Waals surface area contributed by atoms with Crippen molar-refractivity contribution in [2.24, 2.45) is 11.3 Å². The molecule has 1 spiro atoms. The first-order valence-corrected chi connectivity index (χ1v) is 5.68. The van der Waals surface area contributed by atoms with Crippen molar-refractivity contribution in [2.75, 3.05) is 19.6 Å². The first-order chi connectivity index (χ1) is 7.51. The molecule has 1 saturated carbocycles. The Bertz CT molecular complexity index is 317. The molecule has 5 heteroatoms. The van der Waals surface area contributed by atoms with Crippen LogP contribution >= 0.6 is 0 Å². The maximum atomic E-state index is 10.9. The minimum Gasteiger partial charge on any atom is -0.481 e. The lowest BCUT2D eigenvalue weighted by Gasteiger charge is -2.23. The van der Waals surface area contributed by atoms with E-state index in [1.807, 2.05) is 4.90 Å². The molecule has 0 aromatic heterocycles. The van der Waals surface area contributed by atoms with Gasteiger partial charge in [-0.3, -0.25) is 14.5 Å². The van der Waals surface area contributed by atoms with Crippen molar-refractivity contribution in [2.45, 2.75) is 25.7 Å². The van der Waals surface area contributed by atoms with Gasteiger partial charge in [-0.2, -0.15) is 0 Å². The van der Waals surface area contributed by atoms with Gasteiger partial charge in [-0.05, 0) is 37.6 Å². The molecule has 0 aromatic carbocycles. The number of aliphatic carboxylic acids is 2. The topological polar surface area (TPSA) is 77.8 Å². The minimum atomic E-state index is -0.801. The summed E-state index contributed by atoms with van der Waals surface area (Å²) in [5.74, 6) is -1.72. The van der Waals surface area contributed by atoms with E-state index in [2.05, 4.69) is 0 Å². The highest BCUT2D eigenvalue weighted by molar-refractivity contribution is 5.70. The molecule has 1 aliphatic carbocycles. The Morgan fingerprint density at radius 3 is 2.62 bits per heavy atom. The molecule has 2 atom stereocenters. The quantitative estimate of drug-likeness (QED) is 0.740. The second-order valence-corrected chi connectivity index (χ2v) is 5.13. The van der Waals surface area contributed by atoms with Gasteiger partial charge in [-0.25, -0.2) is 0 Å². The number of likely N-dealkylation sites (tertiary alicyclic amines) is 1. The molecule has 1 heterocycles. The second-order valence-electron chi connectivity index (χ2n) is 5.13. The van der Waals surface area contributed by atoms with Crippen molar-refractivity contribution in [3.8, 4) is 0 Å². The first kappa shape index (κ1) is 11.4. The maximum absolute atomic E-state index is 10.9. The van der Waals surface area contributed by atoms with Crippen molar-refractivity contribution in [3.63, 3.8) is 0 Å². The van der Waals surface area contributed by atoms with Crippen LogP contribution in [0.2, 0.25) is 0 Å². The van der Waals surface area contributed by atoms with E-state index in [0.717, 1.165) is 38.8 Å². The predicted molar refractivity (Wildman–Crippen MR) is 56.1 cm³/mol. The van der Waals surface area contributed by atoms with E-state index in [9.17, 15) is 9.59 Å². The van der Waals surface area contributed by atoms with E-state index in [0.29, 0.717) is 0 Å². The molecule has 1 saturated heterocycles. The van der Waals surface area contributed by atoms with Crippen LogP contribution in [0.3, 0.4) is 0 Å².